The lowest BCUT2D eigenvalue weighted by Gasteiger charge is -2.15. The minimum absolute atomic E-state index is 0.219. The number of pyridine rings is 1. The second-order valence-electron chi connectivity index (χ2n) is 3.48. The zero-order valence-corrected chi connectivity index (χ0v) is 9.95. The quantitative estimate of drug-likeness (QED) is 0.816. The Kier molecular flexibility index (Phi) is 4.35. The fourth-order valence-electron chi connectivity index (χ4n) is 1.31. The first kappa shape index (κ1) is 11.5. The van der Waals surface area contributed by atoms with Crippen molar-refractivity contribution in [3.63, 3.8) is 0 Å². The van der Waals surface area contributed by atoms with Gasteiger partial charge in [-0.2, -0.15) is 0 Å². The van der Waals surface area contributed by atoms with Gasteiger partial charge in [0.05, 0.1) is 6.10 Å². The average molecular weight is 259 g/mol. The van der Waals surface area contributed by atoms with E-state index in [9.17, 15) is 5.11 Å². The Bertz CT molecular complexity index is 291. The number of nitrogens with one attached hydrogen (secondary N) is 1. The van der Waals surface area contributed by atoms with Crippen LogP contribution < -0.4 is 5.32 Å². The second-order valence-corrected chi connectivity index (χ2v) is 4.29. The fraction of sp³-hybridized carbons (Fsp3) is 0.500. The van der Waals surface area contributed by atoms with E-state index >= 15 is 0 Å². The zero-order chi connectivity index (χ0) is 10.6. The number of hydrogen-bond acceptors (Lipinski definition) is 3. The maximum absolute atomic E-state index is 9.19. The minimum atomic E-state index is -0.287. The van der Waals surface area contributed by atoms with Crippen molar-refractivity contribution >= 4 is 21.7 Å². The third kappa shape index (κ3) is 4.07. The van der Waals surface area contributed by atoms with Crippen molar-refractivity contribution in [1.82, 2.24) is 4.98 Å². The van der Waals surface area contributed by atoms with Gasteiger partial charge >= 0.3 is 0 Å². The molecule has 3 nitrogen and oxygen atoms in total. The van der Waals surface area contributed by atoms with Crippen LogP contribution in [0.4, 0.5) is 5.82 Å². The molecule has 1 rings (SSSR count). The summed E-state index contributed by atoms with van der Waals surface area (Å²) in [5.41, 5.74) is 0. The van der Waals surface area contributed by atoms with Crippen molar-refractivity contribution < 1.29 is 5.11 Å². The summed E-state index contributed by atoms with van der Waals surface area (Å²) in [5.74, 6) is 0.826. The number of nitrogens with zero attached hydrogens (tertiary/aromatic N) is 1. The van der Waals surface area contributed by atoms with Crippen molar-refractivity contribution in [2.45, 2.75) is 32.4 Å². The third-order valence-corrected chi connectivity index (χ3v) is 2.25. The van der Waals surface area contributed by atoms with E-state index in [4.69, 9.17) is 0 Å². The van der Waals surface area contributed by atoms with Gasteiger partial charge in [0.2, 0.25) is 0 Å². The summed E-state index contributed by atoms with van der Waals surface area (Å²) in [6.07, 6.45) is 0.429. The molecule has 0 aliphatic heterocycles. The molecule has 2 atom stereocenters. The van der Waals surface area contributed by atoms with Crippen LogP contribution in [0.3, 0.4) is 0 Å². The zero-order valence-electron chi connectivity index (χ0n) is 8.37. The highest BCUT2D eigenvalue weighted by Crippen LogP contribution is 2.12. The van der Waals surface area contributed by atoms with Crippen LogP contribution in [0.2, 0.25) is 0 Å². The van der Waals surface area contributed by atoms with E-state index in [1.54, 1.807) is 6.92 Å². The predicted molar refractivity (Wildman–Crippen MR) is 61.3 cm³/mol. The van der Waals surface area contributed by atoms with E-state index in [1.165, 1.54) is 0 Å². The van der Waals surface area contributed by atoms with Crippen LogP contribution in [0.5, 0.6) is 0 Å². The van der Waals surface area contributed by atoms with Gasteiger partial charge in [-0.3, -0.25) is 0 Å². The largest absolute Gasteiger partial charge is 0.393 e. The minimum Gasteiger partial charge on any atom is -0.393 e. The molecule has 0 aromatic carbocycles. The molecular weight excluding hydrogens is 244 g/mol. The molecule has 0 amide bonds. The van der Waals surface area contributed by atoms with Crippen LogP contribution in [0.1, 0.15) is 20.3 Å². The Balaban J connectivity index is 2.51. The van der Waals surface area contributed by atoms with Gasteiger partial charge in [-0.1, -0.05) is 6.07 Å². The topological polar surface area (TPSA) is 45.1 Å². The van der Waals surface area contributed by atoms with Crippen LogP contribution in [0, 0.1) is 0 Å². The molecule has 0 radical (unpaired) electrons. The summed E-state index contributed by atoms with van der Waals surface area (Å²) in [6, 6.07) is 5.93. The van der Waals surface area contributed by atoms with Crippen LogP contribution in [-0.2, 0) is 0 Å². The van der Waals surface area contributed by atoms with Crippen molar-refractivity contribution in [3.8, 4) is 0 Å². The highest BCUT2D eigenvalue weighted by molar-refractivity contribution is 9.10. The molecule has 0 bridgehead atoms. The Morgan fingerprint density at radius 2 is 2.21 bits per heavy atom. The van der Waals surface area contributed by atoms with Gasteiger partial charge in [0.15, 0.2) is 0 Å². The summed E-state index contributed by atoms with van der Waals surface area (Å²) in [7, 11) is 0. The van der Waals surface area contributed by atoms with E-state index in [0.717, 1.165) is 10.4 Å². The Hall–Kier alpha value is -0.610. The summed E-state index contributed by atoms with van der Waals surface area (Å²) in [4.78, 5) is 4.24. The van der Waals surface area contributed by atoms with E-state index in [1.807, 2.05) is 25.1 Å². The lowest BCUT2D eigenvalue weighted by Crippen LogP contribution is -2.21. The SMILES string of the molecule is CC(O)CC(C)Nc1cccc(Br)n1. The van der Waals surface area contributed by atoms with Gasteiger partial charge in [0.25, 0.3) is 0 Å². The maximum Gasteiger partial charge on any atom is 0.127 e. The number of aliphatic hydroxyl groups is 1. The smallest absolute Gasteiger partial charge is 0.127 e. The number of rotatable bonds is 4. The molecule has 0 spiro atoms. The molecule has 1 aromatic heterocycles. The molecular formula is C10H15BrN2O. The first-order valence-electron chi connectivity index (χ1n) is 4.65. The van der Waals surface area contributed by atoms with Crippen molar-refractivity contribution in [3.05, 3.63) is 22.8 Å². The summed E-state index contributed by atoms with van der Waals surface area (Å²) >= 11 is 3.30. The number of hydrogen-bond donors (Lipinski definition) is 2. The molecule has 0 saturated carbocycles. The van der Waals surface area contributed by atoms with E-state index in [0.29, 0.717) is 6.42 Å². The highest BCUT2D eigenvalue weighted by atomic mass is 79.9. The standard InChI is InChI=1S/C10H15BrN2O/c1-7(6-8(2)14)12-10-5-3-4-9(11)13-10/h3-5,7-8,14H,6H2,1-2H3,(H,12,13). The molecule has 0 aliphatic rings. The molecule has 14 heavy (non-hydrogen) atoms. The van der Waals surface area contributed by atoms with E-state index in [-0.39, 0.29) is 12.1 Å². The Labute approximate surface area is 92.7 Å². The fourth-order valence-corrected chi connectivity index (χ4v) is 1.66. The van der Waals surface area contributed by atoms with Crippen LogP contribution in [0.15, 0.2) is 22.8 Å². The Morgan fingerprint density at radius 3 is 2.79 bits per heavy atom. The number of aliphatic hydroxyl groups excluding tert-OH is 1. The molecule has 2 unspecified atom stereocenters. The molecule has 1 aromatic rings. The lowest BCUT2D eigenvalue weighted by atomic mass is 10.1. The summed E-state index contributed by atoms with van der Waals surface area (Å²) < 4.78 is 0.812. The molecule has 0 aliphatic carbocycles. The van der Waals surface area contributed by atoms with E-state index < -0.39 is 0 Å². The van der Waals surface area contributed by atoms with Crippen molar-refractivity contribution in [2.75, 3.05) is 5.32 Å². The molecule has 78 valence electrons. The predicted octanol–water partition coefficient (Wildman–Crippen LogP) is 2.42. The maximum atomic E-state index is 9.19. The van der Waals surface area contributed by atoms with Gasteiger partial charge in [0, 0.05) is 6.04 Å². The molecule has 0 saturated heterocycles. The highest BCUT2D eigenvalue weighted by Gasteiger charge is 2.06. The van der Waals surface area contributed by atoms with E-state index in [2.05, 4.69) is 26.2 Å². The van der Waals surface area contributed by atoms with Gasteiger partial charge in [-0.15, -0.1) is 0 Å². The van der Waals surface area contributed by atoms with Crippen molar-refractivity contribution in [1.29, 1.82) is 0 Å². The monoisotopic (exact) mass is 258 g/mol. The number of halogens is 1. The normalized spacial score (nSPS) is 14.9. The van der Waals surface area contributed by atoms with Gasteiger partial charge in [0.1, 0.15) is 10.4 Å². The molecule has 1 heterocycles. The van der Waals surface area contributed by atoms with Crippen molar-refractivity contribution in [2.24, 2.45) is 0 Å². The number of aromatic nitrogens is 1. The summed E-state index contributed by atoms with van der Waals surface area (Å²) in [6.45, 7) is 3.81. The van der Waals surface area contributed by atoms with Crippen LogP contribution in [0.25, 0.3) is 0 Å². The lowest BCUT2D eigenvalue weighted by molar-refractivity contribution is 0.179. The summed E-state index contributed by atoms with van der Waals surface area (Å²) in [5, 5.41) is 12.4. The number of anilines is 1. The molecule has 0 fully saturated rings. The van der Waals surface area contributed by atoms with Gasteiger partial charge in [-0.05, 0) is 48.3 Å². The van der Waals surface area contributed by atoms with Gasteiger partial charge in [-0.25, -0.2) is 4.98 Å². The van der Waals surface area contributed by atoms with Gasteiger partial charge < -0.3 is 10.4 Å². The second kappa shape index (κ2) is 5.32. The van der Waals surface area contributed by atoms with Crippen LogP contribution >= 0.6 is 15.9 Å². The molecule has 4 heteroatoms. The average Bonchev–Trinajstić information content (AvgIpc) is 2.01. The first-order valence-corrected chi connectivity index (χ1v) is 5.44. The molecule has 2 N–H and O–H groups in total. The first-order chi connectivity index (χ1) is 6.58. The third-order valence-electron chi connectivity index (χ3n) is 1.80. The van der Waals surface area contributed by atoms with Crippen LogP contribution in [-0.4, -0.2) is 22.2 Å². The Morgan fingerprint density at radius 1 is 1.50 bits per heavy atom.